The molecule has 3 aliphatic rings. The van der Waals surface area contributed by atoms with E-state index in [1.54, 1.807) is 16.7 Å². The number of nitrogens with one attached hydrogen (secondary N) is 1. The molecule has 30 heavy (non-hydrogen) atoms. The first-order chi connectivity index (χ1) is 14.4. The number of rotatable bonds is 5. The summed E-state index contributed by atoms with van der Waals surface area (Å²) in [6.07, 6.45) is 0.792. The molecule has 1 N–H and O–H groups in total. The van der Waals surface area contributed by atoms with Crippen molar-refractivity contribution in [2.75, 3.05) is 39.0 Å². The van der Waals surface area contributed by atoms with Gasteiger partial charge in [-0.05, 0) is 24.6 Å². The Morgan fingerprint density at radius 2 is 1.90 bits per heavy atom. The molecule has 3 heterocycles. The van der Waals surface area contributed by atoms with Gasteiger partial charge >= 0.3 is 0 Å². The Bertz CT molecular complexity index is 839. The van der Waals surface area contributed by atoms with E-state index >= 15 is 0 Å². The summed E-state index contributed by atoms with van der Waals surface area (Å²) in [5.41, 5.74) is 1.66. The fourth-order valence-electron chi connectivity index (χ4n) is 4.40. The van der Waals surface area contributed by atoms with E-state index in [1.807, 2.05) is 43.0 Å². The van der Waals surface area contributed by atoms with Crippen LogP contribution in [-0.2, 0) is 9.59 Å². The number of thioether (sulfide) groups is 1. The monoisotopic (exact) mass is 430 g/mol. The maximum Gasteiger partial charge on any atom is 0.256 e. The quantitative estimate of drug-likeness (QED) is 0.768. The third-order valence-electron chi connectivity index (χ3n) is 6.59. The second-order valence-corrected chi connectivity index (χ2v) is 9.61. The molecular weight excluding hydrogens is 400 g/mol. The van der Waals surface area contributed by atoms with Crippen LogP contribution < -0.4 is 5.32 Å². The van der Waals surface area contributed by atoms with Gasteiger partial charge in [-0.15, -0.1) is 11.8 Å². The Morgan fingerprint density at radius 1 is 1.20 bits per heavy atom. The summed E-state index contributed by atoms with van der Waals surface area (Å²) in [6.45, 7) is 7.08. The van der Waals surface area contributed by atoms with Gasteiger partial charge in [0.05, 0.1) is 0 Å². The zero-order valence-electron chi connectivity index (χ0n) is 17.8. The van der Waals surface area contributed by atoms with Gasteiger partial charge in [0.2, 0.25) is 11.8 Å². The van der Waals surface area contributed by atoms with Crippen LogP contribution in [-0.4, -0.2) is 83.5 Å². The van der Waals surface area contributed by atoms with Crippen LogP contribution in [0.15, 0.2) is 24.3 Å². The number of amides is 3. The fraction of sp³-hybridized carbons (Fsp3) is 0.591. The van der Waals surface area contributed by atoms with Crippen molar-refractivity contribution < 1.29 is 14.4 Å². The van der Waals surface area contributed by atoms with Gasteiger partial charge in [0.1, 0.15) is 17.5 Å². The van der Waals surface area contributed by atoms with E-state index in [2.05, 4.69) is 17.3 Å². The molecule has 0 bridgehead atoms. The zero-order chi connectivity index (χ0) is 21.4. The first-order valence-corrected chi connectivity index (χ1v) is 11.8. The average Bonchev–Trinajstić information content (AvgIpc) is 3.32. The Kier molecular flexibility index (Phi) is 6.06. The van der Waals surface area contributed by atoms with Gasteiger partial charge in [-0.25, -0.2) is 0 Å². The van der Waals surface area contributed by atoms with Gasteiger partial charge < -0.3 is 20.0 Å². The molecule has 0 aromatic heterocycles. The van der Waals surface area contributed by atoms with Crippen molar-refractivity contribution in [3.63, 3.8) is 0 Å². The predicted molar refractivity (Wildman–Crippen MR) is 117 cm³/mol. The third kappa shape index (κ3) is 3.71. The van der Waals surface area contributed by atoms with Crippen LogP contribution in [0.25, 0.3) is 0 Å². The molecular formula is C22H30N4O3S. The molecule has 1 aromatic carbocycles. The highest BCUT2D eigenvalue weighted by Gasteiger charge is 2.49. The lowest BCUT2D eigenvalue weighted by Crippen LogP contribution is -2.58. The Morgan fingerprint density at radius 3 is 2.60 bits per heavy atom. The van der Waals surface area contributed by atoms with Gasteiger partial charge in [0.25, 0.3) is 5.91 Å². The van der Waals surface area contributed by atoms with Gasteiger partial charge in [0, 0.05) is 37.5 Å². The smallest absolute Gasteiger partial charge is 0.256 e. The van der Waals surface area contributed by atoms with E-state index in [9.17, 15) is 14.4 Å². The summed E-state index contributed by atoms with van der Waals surface area (Å²) >= 11 is 1.62. The molecule has 0 saturated carbocycles. The molecule has 162 valence electrons. The minimum atomic E-state index is -0.560. The van der Waals surface area contributed by atoms with Crippen LogP contribution in [0, 0.1) is 5.92 Å². The number of hydrogen-bond donors (Lipinski definition) is 1. The standard InChI is InChI=1S/C22H30N4O3S/c1-4-14(2)18(21(29)25-11-9-24(3)10-12-25)23-19(27)17-13-30-22-16-8-6-5-7-15(16)20(28)26(17)22/h5-8,14,17-18,22H,4,9-13H2,1-3H3,(H,23,27)/t14-,17+,18+,22+/m1/s1. The highest BCUT2D eigenvalue weighted by Crippen LogP contribution is 2.48. The number of fused-ring (bicyclic) bond motifs is 3. The summed E-state index contributed by atoms with van der Waals surface area (Å²) < 4.78 is 0. The molecule has 3 aliphatic heterocycles. The van der Waals surface area contributed by atoms with E-state index in [0.717, 1.165) is 25.1 Å². The van der Waals surface area contributed by atoms with Crippen molar-refractivity contribution in [1.29, 1.82) is 0 Å². The maximum absolute atomic E-state index is 13.3. The number of carbonyl (C=O) groups is 3. The highest BCUT2D eigenvalue weighted by molar-refractivity contribution is 7.99. The van der Waals surface area contributed by atoms with Crippen LogP contribution in [0.2, 0.25) is 0 Å². The Labute approximate surface area is 182 Å². The molecule has 0 radical (unpaired) electrons. The summed E-state index contributed by atoms with van der Waals surface area (Å²) in [5.74, 6) is 0.249. The molecule has 3 amide bonds. The number of likely N-dealkylation sites (N-methyl/N-ethyl adjacent to an activating group) is 1. The van der Waals surface area contributed by atoms with Crippen LogP contribution >= 0.6 is 11.8 Å². The predicted octanol–water partition coefficient (Wildman–Crippen LogP) is 1.56. The number of carbonyl (C=O) groups excluding carboxylic acids is 3. The lowest BCUT2D eigenvalue weighted by molar-refractivity contribution is -0.140. The van der Waals surface area contributed by atoms with Crippen molar-refractivity contribution in [1.82, 2.24) is 20.0 Å². The van der Waals surface area contributed by atoms with Crippen molar-refractivity contribution >= 4 is 29.5 Å². The number of nitrogens with zero attached hydrogens (tertiary/aromatic N) is 3. The molecule has 4 rings (SSSR count). The van der Waals surface area contributed by atoms with E-state index in [0.29, 0.717) is 24.4 Å². The van der Waals surface area contributed by atoms with E-state index in [4.69, 9.17) is 0 Å². The molecule has 0 spiro atoms. The van der Waals surface area contributed by atoms with Gasteiger partial charge in [-0.1, -0.05) is 38.5 Å². The minimum absolute atomic E-state index is 0.0102. The second kappa shape index (κ2) is 8.59. The summed E-state index contributed by atoms with van der Waals surface area (Å²) in [6, 6.07) is 6.46. The average molecular weight is 431 g/mol. The van der Waals surface area contributed by atoms with E-state index in [-0.39, 0.29) is 29.0 Å². The van der Waals surface area contributed by atoms with Crippen molar-refractivity contribution in [2.24, 2.45) is 5.92 Å². The minimum Gasteiger partial charge on any atom is -0.342 e. The van der Waals surface area contributed by atoms with Crippen LogP contribution in [0.4, 0.5) is 0 Å². The van der Waals surface area contributed by atoms with Gasteiger partial charge in [0.15, 0.2) is 0 Å². The SMILES string of the molecule is CC[C@@H](C)[C@H](NC(=O)[C@@H]1CS[C@H]2c3ccccc3C(=O)N12)C(=O)N1CCN(C)CC1. The fourth-order valence-corrected chi connectivity index (χ4v) is 5.86. The third-order valence-corrected chi connectivity index (χ3v) is 7.89. The largest absolute Gasteiger partial charge is 0.342 e. The van der Waals surface area contributed by atoms with E-state index < -0.39 is 12.1 Å². The van der Waals surface area contributed by atoms with E-state index in [1.165, 1.54) is 0 Å². The summed E-state index contributed by atoms with van der Waals surface area (Å²) in [7, 11) is 2.05. The zero-order valence-corrected chi connectivity index (χ0v) is 18.7. The van der Waals surface area contributed by atoms with Crippen molar-refractivity contribution in [3.05, 3.63) is 35.4 Å². The molecule has 7 nitrogen and oxygen atoms in total. The second-order valence-electron chi connectivity index (χ2n) is 8.50. The van der Waals surface area contributed by atoms with Crippen LogP contribution in [0.3, 0.4) is 0 Å². The highest BCUT2D eigenvalue weighted by atomic mass is 32.2. The first-order valence-electron chi connectivity index (χ1n) is 10.7. The molecule has 0 unspecified atom stereocenters. The normalized spacial score (nSPS) is 25.6. The van der Waals surface area contributed by atoms with Gasteiger partial charge in [-0.3, -0.25) is 14.4 Å². The molecule has 2 fully saturated rings. The molecule has 1 aromatic rings. The van der Waals surface area contributed by atoms with Crippen molar-refractivity contribution in [2.45, 2.75) is 37.7 Å². The Hall–Kier alpha value is -2.06. The number of benzene rings is 1. The summed E-state index contributed by atoms with van der Waals surface area (Å²) in [4.78, 5) is 45.2. The lowest BCUT2D eigenvalue weighted by atomic mass is 9.97. The van der Waals surface area contributed by atoms with Gasteiger partial charge in [-0.2, -0.15) is 0 Å². The lowest BCUT2D eigenvalue weighted by Gasteiger charge is -2.36. The molecule has 2 saturated heterocycles. The summed E-state index contributed by atoms with van der Waals surface area (Å²) in [5, 5.41) is 2.92. The number of hydrogen-bond acceptors (Lipinski definition) is 5. The first kappa shape index (κ1) is 21.2. The topological polar surface area (TPSA) is 73.0 Å². The maximum atomic E-state index is 13.3. The molecule has 8 heteroatoms. The Balaban J connectivity index is 1.48. The van der Waals surface area contributed by atoms with Crippen LogP contribution in [0.1, 0.15) is 41.6 Å². The molecule has 0 aliphatic carbocycles. The van der Waals surface area contributed by atoms with Crippen LogP contribution in [0.5, 0.6) is 0 Å². The molecule has 4 atom stereocenters. The number of piperazine rings is 1. The van der Waals surface area contributed by atoms with Crippen molar-refractivity contribution in [3.8, 4) is 0 Å².